The van der Waals surface area contributed by atoms with E-state index in [4.69, 9.17) is 14.6 Å². The molecule has 0 saturated heterocycles. The van der Waals surface area contributed by atoms with Gasteiger partial charge in [0, 0.05) is 30.6 Å². The molecule has 0 aliphatic carbocycles. The van der Waals surface area contributed by atoms with Gasteiger partial charge in [0.25, 0.3) is 0 Å². The number of anilines is 1. The van der Waals surface area contributed by atoms with E-state index in [1.54, 1.807) is 6.92 Å². The first-order valence-electron chi connectivity index (χ1n) is 11.4. The third kappa shape index (κ3) is 11.6. The molecule has 0 aliphatic rings. The summed E-state index contributed by atoms with van der Waals surface area (Å²) in [5.41, 5.74) is 2.32. The molecule has 1 heterocycles. The Morgan fingerprint density at radius 3 is 2.27 bits per heavy atom. The minimum absolute atomic E-state index is 0.107. The van der Waals surface area contributed by atoms with E-state index in [9.17, 15) is 9.59 Å². The Balaban J connectivity index is 0.000000801. The normalized spacial score (nSPS) is 10.7. The molecule has 1 aromatic heterocycles. The molecule has 2 N–H and O–H groups in total. The molecule has 182 valence electrons. The van der Waals surface area contributed by atoms with Crippen molar-refractivity contribution < 1.29 is 24.2 Å². The zero-order valence-corrected chi connectivity index (χ0v) is 20.5. The molecule has 33 heavy (non-hydrogen) atoms. The Labute approximate surface area is 197 Å². The van der Waals surface area contributed by atoms with Crippen LogP contribution >= 0.6 is 0 Å². The number of esters is 1. The second kappa shape index (κ2) is 15.1. The van der Waals surface area contributed by atoms with Crippen LogP contribution in [0.15, 0.2) is 42.5 Å². The topological polar surface area (TPSA) is 97.8 Å². The Kier molecular flexibility index (Phi) is 13.0. The van der Waals surface area contributed by atoms with Gasteiger partial charge in [-0.25, -0.2) is 4.98 Å². The van der Waals surface area contributed by atoms with Gasteiger partial charge in [0.1, 0.15) is 5.82 Å². The largest absolute Gasteiger partial charge is 0.466 e. The molecule has 0 atom stereocenters. The SMILES string of the molecule is CCOC(=O)CCc1ccc(Cc2ccccc2)nc1NC(=O)C(C)(C)C.CCOCCO. The lowest BCUT2D eigenvalue weighted by atomic mass is 9.95. The third-order valence-corrected chi connectivity index (χ3v) is 4.52. The highest BCUT2D eigenvalue weighted by atomic mass is 16.5. The van der Waals surface area contributed by atoms with Crippen molar-refractivity contribution in [3.05, 3.63) is 59.3 Å². The number of aryl methyl sites for hydroxylation is 1. The number of hydrogen-bond acceptors (Lipinski definition) is 6. The molecule has 7 nitrogen and oxygen atoms in total. The van der Waals surface area contributed by atoms with Crippen molar-refractivity contribution in [1.82, 2.24) is 4.98 Å². The number of rotatable bonds is 10. The molecule has 2 aromatic rings. The van der Waals surface area contributed by atoms with Gasteiger partial charge >= 0.3 is 5.97 Å². The Bertz CT molecular complexity index is 844. The molecule has 0 spiro atoms. The molecular formula is C26H38N2O5. The third-order valence-electron chi connectivity index (χ3n) is 4.52. The highest BCUT2D eigenvalue weighted by Crippen LogP contribution is 2.22. The highest BCUT2D eigenvalue weighted by Gasteiger charge is 2.23. The van der Waals surface area contributed by atoms with E-state index in [1.165, 1.54) is 0 Å². The van der Waals surface area contributed by atoms with E-state index in [2.05, 4.69) is 10.3 Å². The molecule has 0 fully saturated rings. The van der Waals surface area contributed by atoms with E-state index in [0.717, 1.165) is 16.8 Å². The fourth-order valence-corrected chi connectivity index (χ4v) is 2.72. The van der Waals surface area contributed by atoms with Crippen LogP contribution in [0.25, 0.3) is 0 Å². The van der Waals surface area contributed by atoms with E-state index < -0.39 is 5.41 Å². The van der Waals surface area contributed by atoms with Crippen LogP contribution < -0.4 is 5.32 Å². The van der Waals surface area contributed by atoms with Crippen molar-refractivity contribution in [2.45, 2.75) is 53.9 Å². The first kappa shape index (κ1) is 28.3. The molecule has 2 rings (SSSR count). The lowest BCUT2D eigenvalue weighted by Gasteiger charge is -2.19. The van der Waals surface area contributed by atoms with E-state index in [-0.39, 0.29) is 24.9 Å². The van der Waals surface area contributed by atoms with Crippen molar-refractivity contribution in [1.29, 1.82) is 0 Å². The number of aromatic nitrogens is 1. The van der Waals surface area contributed by atoms with Crippen molar-refractivity contribution >= 4 is 17.7 Å². The van der Waals surface area contributed by atoms with Crippen LogP contribution in [-0.2, 0) is 31.9 Å². The van der Waals surface area contributed by atoms with Crippen LogP contribution in [0.1, 0.15) is 57.9 Å². The number of aliphatic hydroxyl groups is 1. The number of aliphatic hydroxyl groups excluding tert-OH is 1. The number of nitrogens with zero attached hydrogens (tertiary/aromatic N) is 1. The monoisotopic (exact) mass is 458 g/mol. The predicted molar refractivity (Wildman–Crippen MR) is 130 cm³/mol. The fourth-order valence-electron chi connectivity index (χ4n) is 2.72. The average Bonchev–Trinajstić information content (AvgIpc) is 2.78. The average molecular weight is 459 g/mol. The van der Waals surface area contributed by atoms with Gasteiger partial charge in [-0.2, -0.15) is 0 Å². The molecule has 1 aromatic carbocycles. The maximum atomic E-state index is 12.5. The molecule has 0 unspecified atom stereocenters. The number of pyridine rings is 1. The zero-order valence-electron chi connectivity index (χ0n) is 20.5. The van der Waals surface area contributed by atoms with Crippen LogP contribution in [0.4, 0.5) is 5.82 Å². The van der Waals surface area contributed by atoms with Crippen LogP contribution in [0.5, 0.6) is 0 Å². The van der Waals surface area contributed by atoms with Gasteiger partial charge in [-0.1, -0.05) is 57.2 Å². The Hall–Kier alpha value is -2.77. The van der Waals surface area contributed by atoms with Crippen molar-refractivity contribution in [3.63, 3.8) is 0 Å². The number of carbonyl (C=O) groups excluding carboxylic acids is 2. The summed E-state index contributed by atoms with van der Waals surface area (Å²) in [7, 11) is 0. The number of hydrogen-bond donors (Lipinski definition) is 2. The van der Waals surface area contributed by atoms with Gasteiger partial charge in [0.15, 0.2) is 0 Å². The van der Waals surface area contributed by atoms with Gasteiger partial charge in [-0.05, 0) is 37.5 Å². The van der Waals surface area contributed by atoms with Crippen LogP contribution in [-0.4, -0.2) is 48.4 Å². The second-order valence-electron chi connectivity index (χ2n) is 8.40. The summed E-state index contributed by atoms with van der Waals surface area (Å²) in [6.07, 6.45) is 1.40. The highest BCUT2D eigenvalue weighted by molar-refractivity contribution is 5.94. The van der Waals surface area contributed by atoms with Crippen LogP contribution in [0.3, 0.4) is 0 Å². The van der Waals surface area contributed by atoms with Crippen molar-refractivity contribution in [2.75, 3.05) is 31.7 Å². The predicted octanol–water partition coefficient (Wildman–Crippen LogP) is 4.17. The number of ether oxygens (including phenoxy) is 2. The van der Waals surface area contributed by atoms with Gasteiger partial charge in [0.2, 0.25) is 5.91 Å². The van der Waals surface area contributed by atoms with E-state index in [1.807, 2.05) is 70.2 Å². The fraction of sp³-hybridized carbons (Fsp3) is 0.500. The lowest BCUT2D eigenvalue weighted by Crippen LogP contribution is -2.28. The standard InChI is InChI=1S/C22H28N2O3.C4H10O2/c1-5-27-19(25)14-12-17-11-13-18(15-16-9-7-6-8-10-16)23-20(17)24-21(26)22(2,3)4;1-2-6-4-3-5/h6-11,13H,5,12,14-15H2,1-4H3,(H,23,24,26);5H,2-4H2,1H3. The number of nitrogens with one attached hydrogen (secondary N) is 1. The first-order chi connectivity index (χ1) is 15.7. The summed E-state index contributed by atoms with van der Waals surface area (Å²) in [6, 6.07) is 13.9. The molecular weight excluding hydrogens is 420 g/mol. The number of amides is 1. The Morgan fingerprint density at radius 2 is 1.73 bits per heavy atom. The summed E-state index contributed by atoms with van der Waals surface area (Å²) in [6.45, 7) is 10.9. The number of benzene rings is 1. The summed E-state index contributed by atoms with van der Waals surface area (Å²) >= 11 is 0. The molecule has 1 amide bonds. The summed E-state index contributed by atoms with van der Waals surface area (Å²) in [4.78, 5) is 28.8. The quantitative estimate of drug-likeness (QED) is 0.410. The molecule has 0 saturated carbocycles. The van der Waals surface area contributed by atoms with Crippen LogP contribution in [0.2, 0.25) is 0 Å². The van der Waals surface area contributed by atoms with Gasteiger partial charge in [-0.3, -0.25) is 9.59 Å². The van der Waals surface area contributed by atoms with Crippen LogP contribution in [0, 0.1) is 5.41 Å². The molecule has 0 bridgehead atoms. The van der Waals surface area contributed by atoms with Gasteiger partial charge in [0.05, 0.1) is 19.8 Å². The number of carbonyl (C=O) groups is 2. The minimum Gasteiger partial charge on any atom is -0.466 e. The van der Waals surface area contributed by atoms with Gasteiger partial charge < -0.3 is 19.9 Å². The van der Waals surface area contributed by atoms with Gasteiger partial charge in [-0.15, -0.1) is 0 Å². The summed E-state index contributed by atoms with van der Waals surface area (Å²) < 4.78 is 9.73. The maximum absolute atomic E-state index is 12.5. The maximum Gasteiger partial charge on any atom is 0.306 e. The summed E-state index contributed by atoms with van der Waals surface area (Å²) in [5.74, 6) is 0.163. The lowest BCUT2D eigenvalue weighted by molar-refractivity contribution is -0.143. The molecule has 7 heteroatoms. The first-order valence-corrected chi connectivity index (χ1v) is 11.4. The van der Waals surface area contributed by atoms with Crippen molar-refractivity contribution in [3.8, 4) is 0 Å². The smallest absolute Gasteiger partial charge is 0.306 e. The molecule has 0 radical (unpaired) electrons. The van der Waals surface area contributed by atoms with E-state index >= 15 is 0 Å². The van der Waals surface area contributed by atoms with E-state index in [0.29, 0.717) is 38.5 Å². The summed E-state index contributed by atoms with van der Waals surface area (Å²) in [5, 5.41) is 11.0. The zero-order chi connectivity index (χ0) is 24.7. The second-order valence-corrected chi connectivity index (χ2v) is 8.40. The Morgan fingerprint density at radius 1 is 1.03 bits per heavy atom. The minimum atomic E-state index is -0.532. The van der Waals surface area contributed by atoms with Crippen molar-refractivity contribution in [2.24, 2.45) is 5.41 Å². The molecule has 0 aliphatic heterocycles.